The molecule has 2 nitrogen and oxygen atoms in total. The van der Waals surface area contributed by atoms with Crippen molar-refractivity contribution in [2.24, 2.45) is 0 Å². The fourth-order valence-corrected chi connectivity index (χ4v) is 2.23. The Morgan fingerprint density at radius 2 is 2.06 bits per heavy atom. The van der Waals surface area contributed by atoms with Gasteiger partial charge >= 0.3 is 0 Å². The lowest BCUT2D eigenvalue weighted by Crippen LogP contribution is -2.02. The van der Waals surface area contributed by atoms with E-state index in [9.17, 15) is 5.11 Å². The van der Waals surface area contributed by atoms with Gasteiger partial charge in [-0.05, 0) is 30.7 Å². The van der Waals surface area contributed by atoms with Crippen LogP contribution in [-0.2, 0) is 6.42 Å². The number of rotatable bonds is 3. The molecule has 2 rings (SSSR count). The van der Waals surface area contributed by atoms with Crippen LogP contribution in [0.2, 0.25) is 10.0 Å². The second-order valence-electron chi connectivity index (χ2n) is 3.89. The van der Waals surface area contributed by atoms with E-state index in [0.717, 1.165) is 16.9 Å². The maximum absolute atomic E-state index is 10.1. The Labute approximate surface area is 110 Å². The molecule has 17 heavy (non-hydrogen) atoms. The largest absolute Gasteiger partial charge is 0.469 e. The maximum atomic E-state index is 10.1. The van der Waals surface area contributed by atoms with E-state index >= 15 is 0 Å². The number of halogens is 2. The van der Waals surface area contributed by atoms with E-state index in [1.54, 1.807) is 24.5 Å². The van der Waals surface area contributed by atoms with Crippen LogP contribution in [0.3, 0.4) is 0 Å². The summed E-state index contributed by atoms with van der Waals surface area (Å²) in [4.78, 5) is 0. The van der Waals surface area contributed by atoms with Crippen molar-refractivity contribution in [2.45, 2.75) is 19.4 Å². The molecule has 90 valence electrons. The summed E-state index contributed by atoms with van der Waals surface area (Å²) in [6.45, 7) is 1.82. The van der Waals surface area contributed by atoms with Gasteiger partial charge in [-0.25, -0.2) is 0 Å². The molecule has 0 amide bonds. The van der Waals surface area contributed by atoms with Crippen molar-refractivity contribution in [1.82, 2.24) is 0 Å². The lowest BCUT2D eigenvalue weighted by Gasteiger charge is -2.11. The highest BCUT2D eigenvalue weighted by molar-refractivity contribution is 6.35. The van der Waals surface area contributed by atoms with Crippen molar-refractivity contribution in [3.8, 4) is 0 Å². The van der Waals surface area contributed by atoms with Crippen molar-refractivity contribution >= 4 is 23.2 Å². The van der Waals surface area contributed by atoms with Crippen LogP contribution >= 0.6 is 23.2 Å². The number of hydrogen-bond acceptors (Lipinski definition) is 2. The predicted molar refractivity (Wildman–Crippen MR) is 68.6 cm³/mol. The SMILES string of the molecule is Cc1occc1C(O)Cc1ccc(Cl)cc1Cl. The summed E-state index contributed by atoms with van der Waals surface area (Å²) in [6.07, 6.45) is 1.39. The van der Waals surface area contributed by atoms with Gasteiger partial charge in [0.25, 0.3) is 0 Å². The van der Waals surface area contributed by atoms with Gasteiger partial charge in [-0.1, -0.05) is 29.3 Å². The first kappa shape index (κ1) is 12.5. The van der Waals surface area contributed by atoms with Crippen LogP contribution in [0, 0.1) is 6.92 Å². The summed E-state index contributed by atoms with van der Waals surface area (Å²) in [7, 11) is 0. The van der Waals surface area contributed by atoms with Crippen LogP contribution in [0.15, 0.2) is 34.9 Å². The summed E-state index contributed by atoms with van der Waals surface area (Å²) in [5.74, 6) is 0.725. The lowest BCUT2D eigenvalue weighted by atomic mass is 10.0. The van der Waals surface area contributed by atoms with Crippen LogP contribution in [-0.4, -0.2) is 5.11 Å². The number of benzene rings is 1. The van der Waals surface area contributed by atoms with E-state index in [-0.39, 0.29) is 0 Å². The molecule has 1 aromatic carbocycles. The first-order chi connectivity index (χ1) is 8.08. The van der Waals surface area contributed by atoms with Gasteiger partial charge in [-0.15, -0.1) is 0 Å². The summed E-state index contributed by atoms with van der Waals surface area (Å²) < 4.78 is 5.16. The third-order valence-electron chi connectivity index (χ3n) is 2.69. The van der Waals surface area contributed by atoms with E-state index in [2.05, 4.69) is 0 Å². The molecule has 1 unspecified atom stereocenters. The van der Waals surface area contributed by atoms with Crippen molar-refractivity contribution in [3.63, 3.8) is 0 Å². The number of aryl methyl sites for hydroxylation is 1. The van der Waals surface area contributed by atoms with Gasteiger partial charge in [-0.3, -0.25) is 0 Å². The van der Waals surface area contributed by atoms with Gasteiger partial charge in [0.1, 0.15) is 5.76 Å². The minimum Gasteiger partial charge on any atom is -0.469 e. The fourth-order valence-electron chi connectivity index (χ4n) is 1.75. The topological polar surface area (TPSA) is 33.4 Å². The zero-order valence-corrected chi connectivity index (χ0v) is 10.8. The molecule has 0 spiro atoms. The van der Waals surface area contributed by atoms with Crippen LogP contribution in [0.4, 0.5) is 0 Å². The molecule has 0 radical (unpaired) electrons. The minimum atomic E-state index is -0.618. The molecule has 0 saturated heterocycles. The van der Waals surface area contributed by atoms with Gasteiger partial charge in [0.2, 0.25) is 0 Å². The monoisotopic (exact) mass is 270 g/mol. The molecule has 0 aliphatic carbocycles. The van der Waals surface area contributed by atoms with Gasteiger partial charge in [0.05, 0.1) is 12.4 Å². The second-order valence-corrected chi connectivity index (χ2v) is 4.73. The Balaban J connectivity index is 2.19. The second kappa shape index (κ2) is 5.13. The van der Waals surface area contributed by atoms with E-state index in [4.69, 9.17) is 27.6 Å². The van der Waals surface area contributed by atoms with Gasteiger partial charge < -0.3 is 9.52 Å². The Morgan fingerprint density at radius 3 is 2.65 bits per heavy atom. The quantitative estimate of drug-likeness (QED) is 0.908. The Bertz CT molecular complexity index is 520. The number of aliphatic hydroxyl groups excluding tert-OH is 1. The first-order valence-electron chi connectivity index (χ1n) is 5.24. The summed E-state index contributed by atoms with van der Waals surface area (Å²) >= 11 is 11.9. The molecule has 4 heteroatoms. The molecule has 0 saturated carbocycles. The zero-order chi connectivity index (χ0) is 12.4. The molecule has 0 aliphatic rings. The van der Waals surface area contributed by atoms with Gasteiger partial charge in [0.15, 0.2) is 0 Å². The van der Waals surface area contributed by atoms with Crippen LogP contribution in [0.1, 0.15) is 23.0 Å². The summed E-state index contributed by atoms with van der Waals surface area (Å²) in [6, 6.07) is 7.03. The van der Waals surface area contributed by atoms with Gasteiger partial charge in [-0.2, -0.15) is 0 Å². The summed E-state index contributed by atoms with van der Waals surface area (Å²) in [5.41, 5.74) is 1.65. The number of hydrogen-bond donors (Lipinski definition) is 1. The minimum absolute atomic E-state index is 0.441. The molecular weight excluding hydrogens is 259 g/mol. The summed E-state index contributed by atoms with van der Waals surface area (Å²) in [5, 5.41) is 11.2. The molecule has 1 atom stereocenters. The zero-order valence-electron chi connectivity index (χ0n) is 9.28. The van der Waals surface area contributed by atoms with E-state index in [0.29, 0.717) is 16.5 Å². The van der Waals surface area contributed by atoms with E-state index in [1.807, 2.05) is 13.0 Å². The molecule has 0 fully saturated rings. The van der Waals surface area contributed by atoms with E-state index in [1.165, 1.54) is 0 Å². The highest BCUT2D eigenvalue weighted by Crippen LogP contribution is 2.27. The van der Waals surface area contributed by atoms with Crippen LogP contribution in [0.25, 0.3) is 0 Å². The highest BCUT2D eigenvalue weighted by atomic mass is 35.5. The molecule has 1 N–H and O–H groups in total. The average Bonchev–Trinajstić information content (AvgIpc) is 2.68. The Kier molecular flexibility index (Phi) is 3.77. The van der Waals surface area contributed by atoms with Crippen molar-refractivity contribution in [3.05, 3.63) is 57.5 Å². The standard InChI is InChI=1S/C13H12Cl2O2/c1-8-11(4-5-17-8)13(16)6-9-2-3-10(14)7-12(9)15/h2-5,7,13,16H,6H2,1H3. The van der Waals surface area contributed by atoms with Crippen molar-refractivity contribution < 1.29 is 9.52 Å². The normalized spacial score (nSPS) is 12.7. The molecular formula is C13H12Cl2O2. The maximum Gasteiger partial charge on any atom is 0.106 e. The first-order valence-corrected chi connectivity index (χ1v) is 5.99. The third kappa shape index (κ3) is 2.83. The highest BCUT2D eigenvalue weighted by Gasteiger charge is 2.14. The average molecular weight is 271 g/mol. The van der Waals surface area contributed by atoms with E-state index < -0.39 is 6.10 Å². The molecule has 0 bridgehead atoms. The predicted octanol–water partition coefficient (Wildman–Crippen LogP) is 4.17. The third-order valence-corrected chi connectivity index (χ3v) is 3.27. The van der Waals surface area contributed by atoms with Crippen LogP contribution in [0.5, 0.6) is 0 Å². The molecule has 1 aromatic heterocycles. The number of furan rings is 1. The Hall–Kier alpha value is -0.960. The molecule has 2 aromatic rings. The van der Waals surface area contributed by atoms with Crippen LogP contribution < -0.4 is 0 Å². The van der Waals surface area contributed by atoms with Gasteiger partial charge in [0, 0.05) is 22.0 Å². The van der Waals surface area contributed by atoms with Crippen molar-refractivity contribution in [1.29, 1.82) is 0 Å². The Morgan fingerprint density at radius 1 is 1.29 bits per heavy atom. The molecule has 0 aliphatic heterocycles. The van der Waals surface area contributed by atoms with Crippen molar-refractivity contribution in [2.75, 3.05) is 0 Å². The smallest absolute Gasteiger partial charge is 0.106 e. The number of aliphatic hydroxyl groups is 1. The molecule has 1 heterocycles. The lowest BCUT2D eigenvalue weighted by molar-refractivity contribution is 0.176. The fraction of sp³-hybridized carbons (Fsp3) is 0.231.